The van der Waals surface area contributed by atoms with E-state index in [1.165, 1.54) is 0 Å². The number of carbonyl (C=O) groups is 2. The predicted octanol–water partition coefficient (Wildman–Crippen LogP) is 9.21. The number of esters is 2. The minimum absolute atomic E-state index is 0.00816. The van der Waals surface area contributed by atoms with Gasteiger partial charge in [0.25, 0.3) is 0 Å². The molecule has 0 bridgehead atoms. The van der Waals surface area contributed by atoms with Crippen molar-refractivity contribution in [1.82, 2.24) is 0 Å². The molecular weight excluding hydrogens is 590 g/mol. The van der Waals surface area contributed by atoms with Crippen molar-refractivity contribution in [3.8, 4) is 28.4 Å². The fourth-order valence-electron chi connectivity index (χ4n) is 4.67. The van der Waals surface area contributed by atoms with Crippen LogP contribution >= 0.6 is 0 Å². The lowest BCUT2D eigenvalue weighted by Gasteiger charge is -2.26. The van der Waals surface area contributed by atoms with Gasteiger partial charge in [0.1, 0.15) is 30.5 Å². The van der Waals surface area contributed by atoms with Gasteiger partial charge in [0, 0.05) is 28.7 Å². The number of ether oxygens (including phenoxy) is 4. The maximum absolute atomic E-state index is 11.8. The summed E-state index contributed by atoms with van der Waals surface area (Å²) in [6, 6.07) is 43.9. The molecule has 0 N–H and O–H groups in total. The summed E-state index contributed by atoms with van der Waals surface area (Å²) in [5.41, 5.74) is 5.32. The molecule has 0 saturated heterocycles. The van der Waals surface area contributed by atoms with Crippen molar-refractivity contribution in [1.29, 1.82) is 0 Å². The number of nitrogens with zero attached hydrogens (tertiary/aromatic N) is 1. The van der Waals surface area contributed by atoms with Crippen LogP contribution in [0, 0.1) is 0 Å². The molecule has 0 heterocycles. The number of hydrogen-bond acceptors (Lipinski definition) is 7. The van der Waals surface area contributed by atoms with Crippen LogP contribution in [0.15, 0.2) is 158 Å². The second kappa shape index (κ2) is 15.8. The van der Waals surface area contributed by atoms with E-state index in [4.69, 9.17) is 18.9 Å². The largest absolute Gasteiger partial charge is 0.490 e. The van der Waals surface area contributed by atoms with E-state index in [1.54, 1.807) is 6.92 Å². The van der Waals surface area contributed by atoms with Gasteiger partial charge in [-0.25, -0.2) is 9.59 Å². The highest BCUT2D eigenvalue weighted by molar-refractivity contribution is 5.87. The van der Waals surface area contributed by atoms with E-state index in [-0.39, 0.29) is 18.8 Å². The van der Waals surface area contributed by atoms with Gasteiger partial charge in [0.2, 0.25) is 0 Å². The van der Waals surface area contributed by atoms with Gasteiger partial charge in [0.05, 0.1) is 0 Å². The first-order valence-electron chi connectivity index (χ1n) is 15.1. The molecule has 5 aromatic rings. The van der Waals surface area contributed by atoms with Crippen LogP contribution in [0.2, 0.25) is 0 Å². The molecule has 0 fully saturated rings. The summed E-state index contributed by atoms with van der Waals surface area (Å²) in [6.45, 7) is 8.33. The summed E-state index contributed by atoms with van der Waals surface area (Å²) in [5.74, 6) is 0.915. The minimum atomic E-state index is -0.809. The number of hydrogen-bond donors (Lipinski definition) is 0. The molecule has 0 aliphatic rings. The normalized spacial score (nSPS) is 11.1. The zero-order valence-electron chi connectivity index (χ0n) is 26.1. The topological polar surface area (TPSA) is 74.3 Å². The van der Waals surface area contributed by atoms with E-state index >= 15 is 0 Å². The van der Waals surface area contributed by atoms with Crippen molar-refractivity contribution in [2.45, 2.75) is 13.0 Å². The van der Waals surface area contributed by atoms with E-state index in [1.807, 2.05) is 97.1 Å². The van der Waals surface area contributed by atoms with Crippen molar-refractivity contribution in [2.24, 2.45) is 0 Å². The molecule has 7 nitrogen and oxygen atoms in total. The first-order valence-corrected chi connectivity index (χ1v) is 15.1. The molecule has 1 unspecified atom stereocenters. The summed E-state index contributed by atoms with van der Waals surface area (Å²) in [5, 5.41) is 0. The standard InChI is InChI=1S/C40H35NO6/c1-4-39(42)47-38(28-45-40(43)29(2)3)27-44-35-23-17-31(18-24-35)30-15-19-33(20-16-30)41(32-11-7-5-8-12-32)34-21-25-37(26-22-34)46-36-13-9-6-10-14-36/h4-26,38H,1-2,27-28H2,3H3. The highest BCUT2D eigenvalue weighted by Gasteiger charge is 2.18. The molecule has 0 spiro atoms. The molecule has 0 radical (unpaired) electrons. The van der Waals surface area contributed by atoms with Crippen molar-refractivity contribution in [3.05, 3.63) is 158 Å². The zero-order valence-corrected chi connectivity index (χ0v) is 26.1. The second-order valence-electron chi connectivity index (χ2n) is 10.6. The first kappa shape index (κ1) is 32.3. The fourth-order valence-corrected chi connectivity index (χ4v) is 4.67. The Balaban J connectivity index is 1.28. The molecule has 47 heavy (non-hydrogen) atoms. The number of para-hydroxylation sites is 2. The molecule has 7 heteroatoms. The fraction of sp³-hybridized carbons (Fsp3) is 0.100. The molecule has 0 amide bonds. The second-order valence-corrected chi connectivity index (χ2v) is 10.6. The lowest BCUT2D eigenvalue weighted by molar-refractivity contribution is -0.154. The van der Waals surface area contributed by atoms with Gasteiger partial charge in [0.15, 0.2) is 6.10 Å². The molecule has 5 aromatic carbocycles. The highest BCUT2D eigenvalue weighted by atomic mass is 16.6. The highest BCUT2D eigenvalue weighted by Crippen LogP contribution is 2.37. The molecular formula is C40H35NO6. The maximum atomic E-state index is 11.8. The SMILES string of the molecule is C=CC(=O)OC(COC(=O)C(=C)C)COc1ccc(-c2ccc(N(c3ccccc3)c3ccc(Oc4ccccc4)cc3)cc2)cc1. The summed E-state index contributed by atoms with van der Waals surface area (Å²) >= 11 is 0. The molecule has 0 aromatic heterocycles. The Morgan fingerprint density at radius 2 is 1.15 bits per heavy atom. The molecule has 236 valence electrons. The molecule has 0 aliphatic carbocycles. The third-order valence-electron chi connectivity index (χ3n) is 7.04. The quantitative estimate of drug-likeness (QED) is 0.0900. The van der Waals surface area contributed by atoms with E-state index in [0.717, 1.165) is 45.8 Å². The molecule has 0 aliphatic heterocycles. The maximum Gasteiger partial charge on any atom is 0.333 e. The Labute approximate surface area is 274 Å². The van der Waals surface area contributed by atoms with E-state index in [2.05, 4.69) is 54.5 Å². The Morgan fingerprint density at radius 3 is 1.72 bits per heavy atom. The van der Waals surface area contributed by atoms with Crippen LogP contribution in [0.25, 0.3) is 11.1 Å². The third kappa shape index (κ3) is 8.99. The van der Waals surface area contributed by atoms with Crippen LogP contribution in [0.1, 0.15) is 6.92 Å². The number of carbonyl (C=O) groups excluding carboxylic acids is 2. The Kier molecular flexibility index (Phi) is 10.8. The minimum Gasteiger partial charge on any atom is -0.490 e. The summed E-state index contributed by atoms with van der Waals surface area (Å²) in [7, 11) is 0. The number of benzene rings is 5. The summed E-state index contributed by atoms with van der Waals surface area (Å²) in [4.78, 5) is 25.7. The van der Waals surface area contributed by atoms with Gasteiger partial charge in [-0.1, -0.05) is 73.8 Å². The smallest absolute Gasteiger partial charge is 0.333 e. The molecule has 1 atom stereocenters. The van der Waals surface area contributed by atoms with Crippen LogP contribution in [-0.2, 0) is 19.1 Å². The van der Waals surface area contributed by atoms with Crippen LogP contribution in [0.4, 0.5) is 17.1 Å². The average Bonchev–Trinajstić information content (AvgIpc) is 3.11. The van der Waals surface area contributed by atoms with Crippen molar-refractivity contribution in [2.75, 3.05) is 18.1 Å². The van der Waals surface area contributed by atoms with Crippen molar-refractivity contribution >= 4 is 29.0 Å². The third-order valence-corrected chi connectivity index (χ3v) is 7.04. The zero-order chi connectivity index (χ0) is 33.0. The van der Waals surface area contributed by atoms with Crippen LogP contribution in [0.3, 0.4) is 0 Å². The van der Waals surface area contributed by atoms with Crippen LogP contribution in [0.5, 0.6) is 17.2 Å². The lowest BCUT2D eigenvalue weighted by atomic mass is 10.0. The number of rotatable bonds is 14. The van der Waals surface area contributed by atoms with Crippen molar-refractivity contribution in [3.63, 3.8) is 0 Å². The Bertz CT molecular complexity index is 1780. The van der Waals surface area contributed by atoms with E-state index < -0.39 is 18.0 Å². The van der Waals surface area contributed by atoms with Gasteiger partial charge < -0.3 is 23.8 Å². The first-order chi connectivity index (χ1) is 22.9. The van der Waals surface area contributed by atoms with Gasteiger partial charge in [-0.15, -0.1) is 0 Å². The van der Waals surface area contributed by atoms with Crippen LogP contribution in [-0.4, -0.2) is 31.3 Å². The van der Waals surface area contributed by atoms with Crippen LogP contribution < -0.4 is 14.4 Å². The van der Waals surface area contributed by atoms with Gasteiger partial charge in [-0.2, -0.15) is 0 Å². The Hall–Kier alpha value is -6.08. The van der Waals surface area contributed by atoms with E-state index in [0.29, 0.717) is 5.75 Å². The van der Waals surface area contributed by atoms with Gasteiger partial charge >= 0.3 is 11.9 Å². The average molecular weight is 626 g/mol. The van der Waals surface area contributed by atoms with E-state index in [9.17, 15) is 9.59 Å². The van der Waals surface area contributed by atoms with Gasteiger partial charge in [-0.05, 0) is 90.8 Å². The molecule has 0 saturated carbocycles. The van der Waals surface area contributed by atoms with Crippen molar-refractivity contribution < 1.29 is 28.5 Å². The lowest BCUT2D eigenvalue weighted by Crippen LogP contribution is -2.30. The summed E-state index contributed by atoms with van der Waals surface area (Å²) in [6.07, 6.45) is 0.237. The Morgan fingerprint density at radius 1 is 0.660 bits per heavy atom. The molecule has 5 rings (SSSR count). The predicted molar refractivity (Wildman–Crippen MR) is 184 cm³/mol. The van der Waals surface area contributed by atoms with Gasteiger partial charge in [-0.3, -0.25) is 0 Å². The summed E-state index contributed by atoms with van der Waals surface area (Å²) < 4.78 is 22.3. The number of anilines is 3. The monoisotopic (exact) mass is 625 g/mol.